The second-order valence-electron chi connectivity index (χ2n) is 7.94. The lowest BCUT2D eigenvalue weighted by Gasteiger charge is -2.35. The second-order valence-corrected chi connectivity index (χ2v) is 7.94. The summed E-state index contributed by atoms with van der Waals surface area (Å²) in [6.45, 7) is 8.08. The van der Waals surface area contributed by atoms with Crippen molar-refractivity contribution in [1.82, 2.24) is 5.32 Å². The molecule has 1 N–H and O–H groups in total. The quantitative estimate of drug-likeness (QED) is 0.257. The number of ether oxygens (including phenoxy) is 2. The number of para-hydroxylation sites is 1. The first-order chi connectivity index (χ1) is 16.4. The van der Waals surface area contributed by atoms with E-state index in [1.54, 1.807) is 14.0 Å². The number of methoxy groups -OCH3 is 1. The molecule has 34 heavy (non-hydrogen) atoms. The third-order valence-electron chi connectivity index (χ3n) is 5.52. The number of anilines is 2. The molecule has 0 aliphatic carbocycles. The maximum absolute atomic E-state index is 13.1. The van der Waals surface area contributed by atoms with Crippen LogP contribution in [0.1, 0.15) is 37.8 Å². The largest absolute Gasteiger partial charge is 0.497 e. The van der Waals surface area contributed by atoms with Crippen molar-refractivity contribution in [2.75, 3.05) is 31.7 Å². The molecule has 1 aliphatic heterocycles. The molecule has 0 atom stereocenters. The van der Waals surface area contributed by atoms with Crippen LogP contribution in [-0.2, 0) is 14.3 Å². The SMILES string of the molecule is C=C(C)C(=O)OCCNC(=O)/C(C#N)=C1\c2ccccc2N(CCCC)c2ccc(OC)cc21. The lowest BCUT2D eigenvalue weighted by Crippen LogP contribution is -2.31. The monoisotopic (exact) mass is 459 g/mol. The summed E-state index contributed by atoms with van der Waals surface area (Å²) in [7, 11) is 1.58. The van der Waals surface area contributed by atoms with Gasteiger partial charge >= 0.3 is 5.97 Å². The van der Waals surface area contributed by atoms with Crippen molar-refractivity contribution in [2.24, 2.45) is 0 Å². The van der Waals surface area contributed by atoms with Crippen LogP contribution in [0.25, 0.3) is 5.57 Å². The van der Waals surface area contributed by atoms with Crippen molar-refractivity contribution in [3.8, 4) is 11.8 Å². The predicted octanol–water partition coefficient (Wildman–Crippen LogP) is 4.51. The minimum atomic E-state index is -0.533. The highest BCUT2D eigenvalue weighted by molar-refractivity contribution is 6.12. The molecular weight excluding hydrogens is 430 g/mol. The molecule has 176 valence electrons. The Hall–Kier alpha value is -4.05. The van der Waals surface area contributed by atoms with Crippen LogP contribution in [0.15, 0.2) is 60.2 Å². The van der Waals surface area contributed by atoms with Crippen LogP contribution in [0.4, 0.5) is 11.4 Å². The Labute approximate surface area is 200 Å². The molecule has 0 saturated heterocycles. The molecule has 2 aromatic rings. The summed E-state index contributed by atoms with van der Waals surface area (Å²) >= 11 is 0. The Morgan fingerprint density at radius 3 is 2.56 bits per heavy atom. The third kappa shape index (κ3) is 5.12. The van der Waals surface area contributed by atoms with Crippen LogP contribution in [0.2, 0.25) is 0 Å². The number of nitrogens with one attached hydrogen (secondary N) is 1. The van der Waals surface area contributed by atoms with Gasteiger partial charge < -0.3 is 19.7 Å². The molecule has 0 fully saturated rings. The van der Waals surface area contributed by atoms with Crippen LogP contribution in [0.3, 0.4) is 0 Å². The van der Waals surface area contributed by atoms with Gasteiger partial charge in [0.1, 0.15) is 24.0 Å². The molecule has 0 saturated carbocycles. The number of esters is 1. The summed E-state index contributed by atoms with van der Waals surface area (Å²) in [5, 5.41) is 12.7. The van der Waals surface area contributed by atoms with Gasteiger partial charge in [-0.05, 0) is 37.6 Å². The van der Waals surface area contributed by atoms with E-state index >= 15 is 0 Å². The van der Waals surface area contributed by atoms with E-state index in [0.29, 0.717) is 11.3 Å². The maximum Gasteiger partial charge on any atom is 0.333 e. The Bertz CT molecular complexity index is 1180. The average molecular weight is 460 g/mol. The molecule has 3 rings (SSSR count). The Morgan fingerprint density at radius 2 is 1.88 bits per heavy atom. The van der Waals surface area contributed by atoms with Crippen molar-refractivity contribution in [2.45, 2.75) is 26.7 Å². The lowest BCUT2D eigenvalue weighted by molar-refractivity contribution is -0.139. The number of carbonyl (C=O) groups excluding carboxylic acids is 2. The maximum atomic E-state index is 13.1. The fourth-order valence-electron chi connectivity index (χ4n) is 3.84. The number of nitrogens with zero attached hydrogens (tertiary/aromatic N) is 2. The van der Waals surface area contributed by atoms with Crippen molar-refractivity contribution < 1.29 is 19.1 Å². The number of nitriles is 1. The summed E-state index contributed by atoms with van der Waals surface area (Å²) in [6.07, 6.45) is 2.03. The van der Waals surface area contributed by atoms with Crippen molar-refractivity contribution in [3.63, 3.8) is 0 Å². The minimum Gasteiger partial charge on any atom is -0.497 e. The second kappa shape index (κ2) is 11.2. The number of carbonyl (C=O) groups is 2. The van der Waals surface area contributed by atoms with Crippen LogP contribution in [-0.4, -0.2) is 38.7 Å². The molecule has 1 amide bonds. The number of unbranched alkanes of at least 4 members (excludes halogenated alkanes) is 1. The van der Waals surface area contributed by atoms with Gasteiger partial charge in [-0.3, -0.25) is 4.79 Å². The lowest BCUT2D eigenvalue weighted by atomic mass is 9.86. The summed E-state index contributed by atoms with van der Waals surface area (Å²) in [4.78, 5) is 26.9. The van der Waals surface area contributed by atoms with E-state index in [0.717, 1.165) is 41.9 Å². The number of hydrogen-bond donors (Lipinski definition) is 1. The van der Waals surface area contributed by atoms with Crippen LogP contribution < -0.4 is 15.0 Å². The fourth-order valence-corrected chi connectivity index (χ4v) is 3.84. The average Bonchev–Trinajstić information content (AvgIpc) is 2.85. The van der Waals surface area contributed by atoms with Crippen molar-refractivity contribution in [3.05, 3.63) is 71.3 Å². The number of amides is 1. The molecular formula is C27H29N3O4. The molecule has 7 nitrogen and oxygen atoms in total. The highest BCUT2D eigenvalue weighted by Crippen LogP contribution is 2.47. The predicted molar refractivity (Wildman–Crippen MR) is 132 cm³/mol. The summed E-state index contributed by atoms with van der Waals surface area (Å²) in [5.74, 6) is -0.424. The van der Waals surface area contributed by atoms with E-state index in [4.69, 9.17) is 9.47 Å². The van der Waals surface area contributed by atoms with Gasteiger partial charge in [-0.15, -0.1) is 0 Å². The van der Waals surface area contributed by atoms with Gasteiger partial charge in [0.15, 0.2) is 0 Å². The van der Waals surface area contributed by atoms with Crippen molar-refractivity contribution in [1.29, 1.82) is 5.26 Å². The fraction of sp³-hybridized carbons (Fsp3) is 0.296. The zero-order valence-corrected chi connectivity index (χ0v) is 19.8. The van der Waals surface area contributed by atoms with Gasteiger partial charge in [0.05, 0.1) is 13.7 Å². The van der Waals surface area contributed by atoms with E-state index in [9.17, 15) is 14.9 Å². The third-order valence-corrected chi connectivity index (χ3v) is 5.52. The molecule has 0 unspecified atom stereocenters. The molecule has 7 heteroatoms. The van der Waals surface area contributed by atoms with Gasteiger partial charge in [0.2, 0.25) is 0 Å². The highest BCUT2D eigenvalue weighted by Gasteiger charge is 2.30. The molecule has 0 aromatic heterocycles. The van der Waals surface area contributed by atoms with Crippen molar-refractivity contribution >= 4 is 28.8 Å². The van der Waals surface area contributed by atoms with E-state index in [1.807, 2.05) is 42.5 Å². The summed E-state index contributed by atoms with van der Waals surface area (Å²) in [6, 6.07) is 15.6. The van der Waals surface area contributed by atoms with E-state index in [2.05, 4.69) is 29.8 Å². The number of benzene rings is 2. The zero-order valence-electron chi connectivity index (χ0n) is 19.8. The first-order valence-corrected chi connectivity index (χ1v) is 11.2. The molecule has 0 radical (unpaired) electrons. The van der Waals surface area contributed by atoms with Gasteiger partial charge in [0.25, 0.3) is 5.91 Å². The topological polar surface area (TPSA) is 91.7 Å². The van der Waals surface area contributed by atoms with Gasteiger partial charge in [0, 0.05) is 40.2 Å². The zero-order chi connectivity index (χ0) is 24.7. The van der Waals surface area contributed by atoms with Gasteiger partial charge in [-0.2, -0.15) is 5.26 Å². The molecule has 1 heterocycles. The number of rotatable bonds is 9. The van der Waals surface area contributed by atoms with E-state index in [-0.39, 0.29) is 24.3 Å². The van der Waals surface area contributed by atoms with E-state index in [1.165, 1.54) is 0 Å². The van der Waals surface area contributed by atoms with Gasteiger partial charge in [-0.25, -0.2) is 4.79 Å². The Morgan fingerprint density at radius 1 is 1.15 bits per heavy atom. The standard InChI is InChI=1S/C27H29N3O4/c1-5-6-14-30-23-10-8-7-9-20(23)25(21-16-19(33-4)11-12-24(21)30)22(17-28)26(31)29-13-15-34-27(32)18(2)3/h7-12,16H,2,5-6,13-15H2,1,3-4H3,(H,29,31)/b25-22+. The first kappa shape index (κ1) is 24.6. The summed E-state index contributed by atoms with van der Waals surface area (Å²) < 4.78 is 10.5. The summed E-state index contributed by atoms with van der Waals surface area (Å²) in [5.41, 5.74) is 4.25. The minimum absolute atomic E-state index is 0.0108. The Kier molecular flexibility index (Phi) is 8.10. The van der Waals surface area contributed by atoms with Crippen LogP contribution in [0.5, 0.6) is 5.75 Å². The molecule has 0 bridgehead atoms. The first-order valence-electron chi connectivity index (χ1n) is 11.2. The van der Waals surface area contributed by atoms with Crippen LogP contribution in [0, 0.1) is 11.3 Å². The van der Waals surface area contributed by atoms with E-state index < -0.39 is 11.9 Å². The number of fused-ring (bicyclic) bond motifs is 2. The highest BCUT2D eigenvalue weighted by atomic mass is 16.5. The Balaban J connectivity index is 2.05. The molecule has 0 spiro atoms. The normalized spacial score (nSPS) is 13.2. The molecule has 1 aliphatic rings. The number of hydrogen-bond acceptors (Lipinski definition) is 6. The van der Waals surface area contributed by atoms with Gasteiger partial charge in [-0.1, -0.05) is 38.1 Å². The smallest absolute Gasteiger partial charge is 0.333 e. The molecule has 2 aromatic carbocycles. The van der Waals surface area contributed by atoms with Crippen LogP contribution >= 0.6 is 0 Å².